The van der Waals surface area contributed by atoms with Crippen LogP contribution in [0.1, 0.15) is 44.9 Å². The molecule has 2 aromatic rings. The summed E-state index contributed by atoms with van der Waals surface area (Å²) in [6.07, 6.45) is 6.71. The molecule has 2 amide bonds. The molecule has 2 saturated heterocycles. The molecule has 0 atom stereocenters. The topological polar surface area (TPSA) is 90.0 Å². The van der Waals surface area contributed by atoms with Gasteiger partial charge in [-0.15, -0.1) is 0 Å². The molecule has 0 bridgehead atoms. The molecule has 1 spiro atoms. The first-order chi connectivity index (χ1) is 18.3. The number of anilines is 1. The number of carbonyl (C=O) groups is 2. The van der Waals surface area contributed by atoms with Crippen molar-refractivity contribution in [3.05, 3.63) is 59.1 Å². The summed E-state index contributed by atoms with van der Waals surface area (Å²) in [6.45, 7) is 1.44. The van der Waals surface area contributed by atoms with Crippen molar-refractivity contribution in [2.75, 3.05) is 37.7 Å². The molecule has 38 heavy (non-hydrogen) atoms. The zero-order valence-corrected chi connectivity index (χ0v) is 23.9. The number of rotatable bonds is 7. The standard InChI is InChI=1S/C28H35BrN4O4S/c29-23-11-13-25(14-12-23)38(36,37)32-17-15-28(16-18-32)27(35)31(21-33(28)24-9-5-2-6-10-24)20-26(34)30-19-22-7-3-1-4-8-22/h2,5-6,9-14,22H,1,3-4,7-8,15-21H2,(H,30,34). The fourth-order valence-corrected chi connectivity index (χ4v) is 7.76. The van der Waals surface area contributed by atoms with Gasteiger partial charge in [-0.3, -0.25) is 9.59 Å². The van der Waals surface area contributed by atoms with Crippen LogP contribution in [0.15, 0.2) is 64.0 Å². The zero-order valence-electron chi connectivity index (χ0n) is 21.5. The van der Waals surface area contributed by atoms with E-state index in [0.717, 1.165) is 23.0 Å². The van der Waals surface area contributed by atoms with E-state index in [2.05, 4.69) is 26.1 Å². The molecule has 0 unspecified atom stereocenters. The largest absolute Gasteiger partial charge is 0.354 e. The number of benzene rings is 2. The predicted octanol–water partition coefficient (Wildman–Crippen LogP) is 3.98. The van der Waals surface area contributed by atoms with Gasteiger partial charge in [0, 0.05) is 29.8 Å². The van der Waals surface area contributed by atoms with Crippen LogP contribution in [0.25, 0.3) is 0 Å². The SMILES string of the molecule is O=C(CN1CN(c2ccccc2)C2(CCN(S(=O)(=O)c3ccc(Br)cc3)CC2)C1=O)NCC1CCCCC1. The molecule has 3 fully saturated rings. The number of halogens is 1. The first kappa shape index (κ1) is 27.1. The second kappa shape index (κ2) is 11.4. The van der Waals surface area contributed by atoms with Gasteiger partial charge in [0.1, 0.15) is 12.1 Å². The van der Waals surface area contributed by atoms with Gasteiger partial charge in [-0.25, -0.2) is 8.42 Å². The zero-order chi connectivity index (χ0) is 26.8. The minimum absolute atomic E-state index is 0.0115. The van der Waals surface area contributed by atoms with E-state index in [4.69, 9.17) is 0 Å². The highest BCUT2D eigenvalue weighted by Crippen LogP contribution is 2.40. The quantitative estimate of drug-likeness (QED) is 0.518. The van der Waals surface area contributed by atoms with Crippen molar-refractivity contribution in [3.8, 4) is 0 Å². The van der Waals surface area contributed by atoms with E-state index >= 15 is 0 Å². The fraction of sp³-hybridized carbons (Fsp3) is 0.500. The monoisotopic (exact) mass is 602 g/mol. The lowest BCUT2D eigenvalue weighted by molar-refractivity contribution is -0.137. The molecule has 5 rings (SSSR count). The molecular formula is C28H35BrN4O4S. The maximum atomic E-state index is 13.9. The van der Waals surface area contributed by atoms with Crippen molar-refractivity contribution in [1.29, 1.82) is 0 Å². The van der Waals surface area contributed by atoms with Crippen LogP contribution in [0.2, 0.25) is 0 Å². The molecule has 1 aliphatic carbocycles. The minimum Gasteiger partial charge on any atom is -0.354 e. The third kappa shape index (κ3) is 5.49. The van der Waals surface area contributed by atoms with Crippen LogP contribution in [-0.4, -0.2) is 67.8 Å². The molecule has 2 heterocycles. The summed E-state index contributed by atoms with van der Waals surface area (Å²) in [5.74, 6) is 0.283. The van der Waals surface area contributed by atoms with Crippen molar-refractivity contribution in [1.82, 2.24) is 14.5 Å². The maximum absolute atomic E-state index is 13.9. The van der Waals surface area contributed by atoms with E-state index in [1.807, 2.05) is 30.3 Å². The Morgan fingerprint density at radius 3 is 2.29 bits per heavy atom. The lowest BCUT2D eigenvalue weighted by atomic mass is 9.86. The Hall–Kier alpha value is -2.43. The van der Waals surface area contributed by atoms with Gasteiger partial charge in [0.05, 0.1) is 11.6 Å². The molecule has 0 aromatic heterocycles. The van der Waals surface area contributed by atoms with E-state index < -0.39 is 15.6 Å². The normalized spacial score (nSPS) is 20.7. The fourth-order valence-electron chi connectivity index (χ4n) is 6.05. The molecule has 0 radical (unpaired) electrons. The first-order valence-corrected chi connectivity index (χ1v) is 15.7. The van der Waals surface area contributed by atoms with Gasteiger partial charge in [0.2, 0.25) is 21.8 Å². The molecule has 2 aromatic carbocycles. The van der Waals surface area contributed by atoms with E-state index in [1.165, 1.54) is 23.6 Å². The minimum atomic E-state index is -3.67. The van der Waals surface area contributed by atoms with Crippen molar-refractivity contribution < 1.29 is 18.0 Å². The molecule has 1 N–H and O–H groups in total. The number of hydrogen-bond donors (Lipinski definition) is 1. The van der Waals surface area contributed by atoms with Gasteiger partial charge in [-0.1, -0.05) is 53.4 Å². The summed E-state index contributed by atoms with van der Waals surface area (Å²) in [4.78, 5) is 30.7. The average molecular weight is 604 g/mol. The maximum Gasteiger partial charge on any atom is 0.250 e. The van der Waals surface area contributed by atoms with Gasteiger partial charge in [0.25, 0.3) is 0 Å². The smallest absolute Gasteiger partial charge is 0.250 e. The summed E-state index contributed by atoms with van der Waals surface area (Å²) in [7, 11) is -3.67. The molecular weight excluding hydrogens is 568 g/mol. The second-order valence-electron chi connectivity index (χ2n) is 10.6. The molecule has 10 heteroatoms. The van der Waals surface area contributed by atoms with Crippen molar-refractivity contribution >= 4 is 43.5 Å². The molecule has 2 aliphatic heterocycles. The van der Waals surface area contributed by atoms with Gasteiger partial charge in [-0.2, -0.15) is 4.31 Å². The van der Waals surface area contributed by atoms with Crippen LogP contribution in [0, 0.1) is 5.92 Å². The summed E-state index contributed by atoms with van der Waals surface area (Å²) in [5.41, 5.74) is 0.0201. The number of piperidine rings is 1. The number of para-hydroxylation sites is 1. The summed E-state index contributed by atoms with van der Waals surface area (Å²) >= 11 is 3.35. The average Bonchev–Trinajstić information content (AvgIpc) is 3.19. The molecule has 204 valence electrons. The number of sulfonamides is 1. The Balaban J connectivity index is 1.30. The van der Waals surface area contributed by atoms with Crippen LogP contribution in [-0.2, 0) is 19.6 Å². The number of hydrogen-bond acceptors (Lipinski definition) is 5. The van der Waals surface area contributed by atoms with Crippen LogP contribution in [0.5, 0.6) is 0 Å². The third-order valence-electron chi connectivity index (χ3n) is 8.23. The van der Waals surface area contributed by atoms with Gasteiger partial charge in [0.15, 0.2) is 0 Å². The number of carbonyl (C=O) groups excluding carboxylic acids is 2. The van der Waals surface area contributed by atoms with Gasteiger partial charge in [-0.05, 0) is 68.0 Å². The van der Waals surface area contributed by atoms with Crippen molar-refractivity contribution in [3.63, 3.8) is 0 Å². The summed E-state index contributed by atoms with van der Waals surface area (Å²) in [5, 5.41) is 3.05. The molecule has 8 nitrogen and oxygen atoms in total. The van der Waals surface area contributed by atoms with Crippen LogP contribution < -0.4 is 10.2 Å². The number of nitrogens with zero attached hydrogens (tertiary/aromatic N) is 3. The number of amides is 2. The van der Waals surface area contributed by atoms with E-state index in [9.17, 15) is 18.0 Å². The van der Waals surface area contributed by atoms with E-state index in [0.29, 0.717) is 32.0 Å². The molecule has 3 aliphatic rings. The highest BCUT2D eigenvalue weighted by atomic mass is 79.9. The van der Waals surface area contributed by atoms with Crippen LogP contribution in [0.3, 0.4) is 0 Å². The molecule has 1 saturated carbocycles. The summed E-state index contributed by atoms with van der Waals surface area (Å²) < 4.78 is 28.9. The lowest BCUT2D eigenvalue weighted by Crippen LogP contribution is -2.57. The Bertz CT molecular complexity index is 1240. The van der Waals surface area contributed by atoms with Crippen LogP contribution in [0.4, 0.5) is 5.69 Å². The first-order valence-electron chi connectivity index (χ1n) is 13.4. The lowest BCUT2D eigenvalue weighted by Gasteiger charge is -2.42. The van der Waals surface area contributed by atoms with Gasteiger partial charge >= 0.3 is 0 Å². The highest BCUT2D eigenvalue weighted by Gasteiger charge is 2.55. The van der Waals surface area contributed by atoms with Gasteiger partial charge < -0.3 is 15.1 Å². The Morgan fingerprint density at radius 2 is 1.63 bits per heavy atom. The van der Waals surface area contributed by atoms with E-state index in [-0.39, 0.29) is 36.3 Å². The Labute approximate surface area is 233 Å². The third-order valence-corrected chi connectivity index (χ3v) is 10.7. The second-order valence-corrected chi connectivity index (χ2v) is 13.5. The predicted molar refractivity (Wildman–Crippen MR) is 150 cm³/mol. The van der Waals surface area contributed by atoms with Crippen LogP contribution >= 0.6 is 15.9 Å². The highest BCUT2D eigenvalue weighted by molar-refractivity contribution is 9.10. The Kier molecular flexibility index (Phi) is 8.11. The van der Waals surface area contributed by atoms with Crippen molar-refractivity contribution in [2.45, 2.75) is 55.4 Å². The Morgan fingerprint density at radius 1 is 0.974 bits per heavy atom. The van der Waals surface area contributed by atoms with Crippen molar-refractivity contribution in [2.24, 2.45) is 5.92 Å². The van der Waals surface area contributed by atoms with E-state index in [1.54, 1.807) is 29.2 Å². The number of nitrogens with one attached hydrogen (secondary N) is 1. The summed E-state index contributed by atoms with van der Waals surface area (Å²) in [6, 6.07) is 16.3.